The minimum Gasteiger partial charge on any atom is -0.350 e. The van der Waals surface area contributed by atoms with Crippen molar-refractivity contribution < 1.29 is 9.59 Å². The van der Waals surface area contributed by atoms with Crippen LogP contribution < -0.4 is 16.4 Å². The molecule has 0 unspecified atom stereocenters. The topological polar surface area (TPSA) is 84.2 Å². The van der Waals surface area contributed by atoms with E-state index in [1.54, 1.807) is 24.3 Å². The molecule has 22 heavy (non-hydrogen) atoms. The Hall–Kier alpha value is -1.88. The largest absolute Gasteiger partial charge is 0.350 e. The zero-order valence-electron chi connectivity index (χ0n) is 13.3. The van der Waals surface area contributed by atoms with Crippen molar-refractivity contribution in [2.24, 2.45) is 17.6 Å². The Labute approximate surface area is 131 Å². The van der Waals surface area contributed by atoms with Crippen LogP contribution >= 0.6 is 0 Å². The first-order valence-corrected chi connectivity index (χ1v) is 7.93. The Morgan fingerprint density at radius 3 is 2.50 bits per heavy atom. The second-order valence-electron chi connectivity index (χ2n) is 6.23. The Bertz CT molecular complexity index is 525. The molecule has 1 aliphatic carbocycles. The number of carbonyl (C=O) groups is 2. The van der Waals surface area contributed by atoms with Gasteiger partial charge in [0.15, 0.2) is 0 Å². The summed E-state index contributed by atoms with van der Waals surface area (Å²) >= 11 is 0. The van der Waals surface area contributed by atoms with Gasteiger partial charge < -0.3 is 16.4 Å². The normalized spacial score (nSPS) is 20.9. The number of anilines is 1. The van der Waals surface area contributed by atoms with E-state index in [0.29, 0.717) is 17.8 Å². The second-order valence-corrected chi connectivity index (χ2v) is 6.23. The first-order chi connectivity index (χ1) is 10.5. The number of amides is 2. The molecule has 2 atom stereocenters. The van der Waals surface area contributed by atoms with E-state index >= 15 is 0 Å². The maximum atomic E-state index is 12.3. The Kier molecular flexibility index (Phi) is 5.55. The summed E-state index contributed by atoms with van der Waals surface area (Å²) < 4.78 is 0. The first-order valence-electron chi connectivity index (χ1n) is 7.93. The second kappa shape index (κ2) is 7.40. The van der Waals surface area contributed by atoms with E-state index in [1.165, 1.54) is 0 Å². The molecule has 2 amide bonds. The van der Waals surface area contributed by atoms with Crippen LogP contribution in [0.3, 0.4) is 0 Å². The highest BCUT2D eigenvalue weighted by Gasteiger charge is 2.31. The average Bonchev–Trinajstić information content (AvgIpc) is 2.95. The number of hydrogen-bond acceptors (Lipinski definition) is 3. The molecule has 0 radical (unpaired) electrons. The van der Waals surface area contributed by atoms with Gasteiger partial charge >= 0.3 is 0 Å². The summed E-state index contributed by atoms with van der Waals surface area (Å²) in [4.78, 5) is 24.2. The van der Waals surface area contributed by atoms with Gasteiger partial charge in [0.1, 0.15) is 0 Å². The Morgan fingerprint density at radius 2 is 1.91 bits per heavy atom. The fourth-order valence-corrected chi connectivity index (χ4v) is 2.95. The molecular weight excluding hydrogens is 278 g/mol. The van der Waals surface area contributed by atoms with E-state index in [4.69, 9.17) is 5.73 Å². The highest BCUT2D eigenvalue weighted by molar-refractivity contribution is 5.96. The molecule has 0 spiro atoms. The molecule has 0 aromatic heterocycles. The Balaban J connectivity index is 1.96. The van der Waals surface area contributed by atoms with Gasteiger partial charge in [-0.15, -0.1) is 0 Å². The SMILES string of the molecule is CC(C)NC(=O)c1ccc(NC(=O)[C@@H]2CCC[C@@H]2CN)cc1. The highest BCUT2D eigenvalue weighted by Crippen LogP contribution is 2.31. The molecule has 2 rings (SSSR count). The van der Waals surface area contributed by atoms with Gasteiger partial charge in [0.2, 0.25) is 5.91 Å². The van der Waals surface area contributed by atoms with Crippen LogP contribution in [0.25, 0.3) is 0 Å². The lowest BCUT2D eigenvalue weighted by atomic mass is 9.95. The predicted molar refractivity (Wildman–Crippen MR) is 87.6 cm³/mol. The third kappa shape index (κ3) is 4.07. The Morgan fingerprint density at radius 1 is 1.23 bits per heavy atom. The van der Waals surface area contributed by atoms with Gasteiger partial charge in [-0.25, -0.2) is 0 Å². The van der Waals surface area contributed by atoms with Crippen molar-refractivity contribution in [2.45, 2.75) is 39.2 Å². The molecule has 1 aromatic rings. The van der Waals surface area contributed by atoms with Gasteiger partial charge in [-0.2, -0.15) is 0 Å². The summed E-state index contributed by atoms with van der Waals surface area (Å²) in [5, 5.41) is 5.77. The summed E-state index contributed by atoms with van der Waals surface area (Å²) in [6.07, 6.45) is 3.00. The summed E-state index contributed by atoms with van der Waals surface area (Å²) in [7, 11) is 0. The van der Waals surface area contributed by atoms with Crippen LogP contribution in [0.15, 0.2) is 24.3 Å². The van der Waals surface area contributed by atoms with Crippen molar-refractivity contribution in [2.75, 3.05) is 11.9 Å². The van der Waals surface area contributed by atoms with Gasteiger partial charge in [0, 0.05) is 23.2 Å². The van der Waals surface area contributed by atoms with Crippen LogP contribution in [0.5, 0.6) is 0 Å². The molecule has 1 fully saturated rings. The summed E-state index contributed by atoms with van der Waals surface area (Å²) in [5.41, 5.74) is 7.03. The number of carbonyl (C=O) groups excluding carboxylic acids is 2. The fraction of sp³-hybridized carbons (Fsp3) is 0.529. The van der Waals surface area contributed by atoms with Gasteiger partial charge in [-0.05, 0) is 63.4 Å². The van der Waals surface area contributed by atoms with Crippen molar-refractivity contribution in [1.82, 2.24) is 5.32 Å². The smallest absolute Gasteiger partial charge is 0.251 e. The van der Waals surface area contributed by atoms with Crippen molar-refractivity contribution in [1.29, 1.82) is 0 Å². The van der Waals surface area contributed by atoms with E-state index in [9.17, 15) is 9.59 Å². The van der Waals surface area contributed by atoms with E-state index in [-0.39, 0.29) is 29.7 Å². The molecular formula is C17H25N3O2. The van der Waals surface area contributed by atoms with Gasteiger partial charge in [0.25, 0.3) is 5.91 Å². The minimum absolute atomic E-state index is 0.00826. The van der Waals surface area contributed by atoms with E-state index in [1.807, 2.05) is 13.8 Å². The van der Waals surface area contributed by atoms with Crippen molar-refractivity contribution in [3.8, 4) is 0 Å². The number of benzene rings is 1. The lowest BCUT2D eigenvalue weighted by Gasteiger charge is -2.17. The average molecular weight is 303 g/mol. The molecule has 1 saturated carbocycles. The molecule has 4 N–H and O–H groups in total. The first kappa shape index (κ1) is 16.5. The van der Waals surface area contributed by atoms with E-state index in [0.717, 1.165) is 19.3 Å². The minimum atomic E-state index is -0.105. The van der Waals surface area contributed by atoms with Crippen LogP contribution in [-0.4, -0.2) is 24.4 Å². The summed E-state index contributed by atoms with van der Waals surface area (Å²) in [6, 6.07) is 7.08. The molecule has 0 heterocycles. The van der Waals surface area contributed by atoms with Crippen molar-refractivity contribution in [3.63, 3.8) is 0 Å². The van der Waals surface area contributed by atoms with Crippen molar-refractivity contribution in [3.05, 3.63) is 29.8 Å². The fourth-order valence-electron chi connectivity index (χ4n) is 2.95. The van der Waals surface area contributed by atoms with Crippen LogP contribution in [0, 0.1) is 11.8 Å². The molecule has 5 heteroatoms. The van der Waals surface area contributed by atoms with Crippen LogP contribution in [-0.2, 0) is 4.79 Å². The van der Waals surface area contributed by atoms with Crippen LogP contribution in [0.1, 0.15) is 43.5 Å². The number of nitrogens with two attached hydrogens (primary N) is 1. The zero-order chi connectivity index (χ0) is 16.1. The predicted octanol–water partition coefficient (Wildman–Crippen LogP) is 2.14. The van der Waals surface area contributed by atoms with Crippen LogP contribution in [0.4, 0.5) is 5.69 Å². The van der Waals surface area contributed by atoms with Crippen molar-refractivity contribution >= 4 is 17.5 Å². The third-order valence-corrected chi connectivity index (χ3v) is 4.13. The lowest BCUT2D eigenvalue weighted by Crippen LogP contribution is -2.30. The molecule has 120 valence electrons. The maximum Gasteiger partial charge on any atom is 0.251 e. The number of nitrogens with one attached hydrogen (secondary N) is 2. The standard InChI is InChI=1S/C17H25N3O2/c1-11(2)19-16(21)12-6-8-14(9-7-12)20-17(22)15-5-3-4-13(15)10-18/h6-9,11,13,15H,3-5,10,18H2,1-2H3,(H,19,21)(H,20,22)/t13-,15-/m1/s1. The zero-order valence-corrected chi connectivity index (χ0v) is 13.3. The molecule has 0 bridgehead atoms. The van der Waals surface area contributed by atoms with Crippen LogP contribution in [0.2, 0.25) is 0 Å². The summed E-state index contributed by atoms with van der Waals surface area (Å²) in [6.45, 7) is 4.40. The maximum absolute atomic E-state index is 12.3. The third-order valence-electron chi connectivity index (χ3n) is 4.13. The lowest BCUT2D eigenvalue weighted by molar-refractivity contribution is -0.120. The number of rotatable bonds is 5. The van der Waals surface area contributed by atoms with E-state index in [2.05, 4.69) is 10.6 Å². The number of hydrogen-bond donors (Lipinski definition) is 3. The monoisotopic (exact) mass is 303 g/mol. The highest BCUT2D eigenvalue weighted by atomic mass is 16.2. The van der Waals surface area contributed by atoms with Gasteiger partial charge in [-0.1, -0.05) is 6.42 Å². The molecule has 1 aliphatic rings. The summed E-state index contributed by atoms with van der Waals surface area (Å²) in [5.74, 6) is 0.226. The van der Waals surface area contributed by atoms with Gasteiger partial charge in [0.05, 0.1) is 0 Å². The van der Waals surface area contributed by atoms with Gasteiger partial charge in [-0.3, -0.25) is 9.59 Å². The van der Waals surface area contributed by atoms with E-state index < -0.39 is 0 Å². The molecule has 0 aliphatic heterocycles. The molecule has 0 saturated heterocycles. The molecule has 1 aromatic carbocycles. The quantitative estimate of drug-likeness (QED) is 0.779. The molecule has 5 nitrogen and oxygen atoms in total.